The van der Waals surface area contributed by atoms with Gasteiger partial charge in [0.25, 0.3) is 0 Å². The molecule has 0 radical (unpaired) electrons. The maximum absolute atomic E-state index is 12.5. The summed E-state index contributed by atoms with van der Waals surface area (Å²) in [5, 5.41) is 6.15. The highest BCUT2D eigenvalue weighted by Crippen LogP contribution is 2.32. The lowest BCUT2D eigenvalue weighted by molar-refractivity contribution is -0.117. The van der Waals surface area contributed by atoms with Gasteiger partial charge in [-0.25, -0.2) is 0 Å². The van der Waals surface area contributed by atoms with Crippen LogP contribution in [-0.2, 0) is 11.2 Å². The van der Waals surface area contributed by atoms with Gasteiger partial charge in [-0.1, -0.05) is 23.4 Å². The number of benzene rings is 1. The molecule has 25 heavy (non-hydrogen) atoms. The van der Waals surface area contributed by atoms with Crippen LogP contribution in [0.3, 0.4) is 0 Å². The Labute approximate surface area is 150 Å². The number of anilines is 1. The second kappa shape index (κ2) is 6.44. The second-order valence-electron chi connectivity index (χ2n) is 6.50. The van der Waals surface area contributed by atoms with Gasteiger partial charge >= 0.3 is 0 Å². The molecule has 1 fully saturated rings. The number of aromatic nitrogens is 2. The molecular formula is C19H19N3O2S. The quantitative estimate of drug-likeness (QED) is 0.715. The normalized spacial score (nSPS) is 17.4. The molecule has 5 nitrogen and oxygen atoms in total. The van der Waals surface area contributed by atoms with Gasteiger partial charge in [-0.2, -0.15) is 4.98 Å². The van der Waals surface area contributed by atoms with E-state index in [1.807, 2.05) is 30.2 Å². The first-order valence-corrected chi connectivity index (χ1v) is 9.20. The van der Waals surface area contributed by atoms with Crippen molar-refractivity contribution in [2.24, 2.45) is 0 Å². The predicted octanol–water partition coefficient (Wildman–Crippen LogP) is 3.86. The van der Waals surface area contributed by atoms with Crippen molar-refractivity contribution >= 4 is 22.9 Å². The fourth-order valence-electron chi connectivity index (χ4n) is 3.19. The molecule has 1 saturated heterocycles. The first-order valence-electron chi connectivity index (χ1n) is 8.32. The largest absolute Gasteiger partial charge is 0.339 e. The molecule has 1 atom stereocenters. The number of aryl methyl sites for hydroxylation is 2. The van der Waals surface area contributed by atoms with Gasteiger partial charge < -0.3 is 9.42 Å². The van der Waals surface area contributed by atoms with Gasteiger partial charge in [-0.05, 0) is 42.5 Å². The molecule has 0 saturated carbocycles. The number of rotatable bonds is 4. The Morgan fingerprint density at radius 3 is 3.00 bits per heavy atom. The molecule has 4 rings (SSSR count). The third-order valence-corrected chi connectivity index (χ3v) is 5.41. The van der Waals surface area contributed by atoms with E-state index in [1.54, 1.807) is 11.3 Å². The minimum absolute atomic E-state index is 0.0201. The van der Waals surface area contributed by atoms with Crippen LogP contribution < -0.4 is 4.90 Å². The third-order valence-electron chi connectivity index (χ3n) is 4.53. The summed E-state index contributed by atoms with van der Waals surface area (Å²) < 4.78 is 5.39. The van der Waals surface area contributed by atoms with Crippen LogP contribution in [0.4, 0.5) is 5.69 Å². The summed E-state index contributed by atoms with van der Waals surface area (Å²) >= 11 is 1.67. The van der Waals surface area contributed by atoms with Crippen LogP contribution >= 0.6 is 11.3 Å². The second-order valence-corrected chi connectivity index (χ2v) is 7.53. The summed E-state index contributed by atoms with van der Waals surface area (Å²) in [6.45, 7) is 4.67. The molecule has 0 bridgehead atoms. The van der Waals surface area contributed by atoms with E-state index >= 15 is 0 Å². The zero-order valence-corrected chi connectivity index (χ0v) is 15.0. The van der Waals surface area contributed by atoms with Crippen LogP contribution in [0.25, 0.3) is 0 Å². The van der Waals surface area contributed by atoms with Crippen LogP contribution in [0, 0.1) is 13.8 Å². The molecule has 1 aromatic carbocycles. The average molecular weight is 353 g/mol. The summed E-state index contributed by atoms with van der Waals surface area (Å²) in [5.41, 5.74) is 3.23. The van der Waals surface area contributed by atoms with Crippen LogP contribution in [0.5, 0.6) is 0 Å². The number of hydrogen-bond acceptors (Lipinski definition) is 5. The topological polar surface area (TPSA) is 59.2 Å². The van der Waals surface area contributed by atoms with Crippen molar-refractivity contribution in [2.75, 3.05) is 11.4 Å². The Bertz CT molecular complexity index is 901. The molecule has 1 amide bonds. The van der Waals surface area contributed by atoms with Crippen LogP contribution in [0.1, 0.15) is 40.1 Å². The van der Waals surface area contributed by atoms with Crippen molar-refractivity contribution in [3.05, 3.63) is 63.4 Å². The molecule has 0 aliphatic carbocycles. The van der Waals surface area contributed by atoms with Crippen molar-refractivity contribution < 1.29 is 9.32 Å². The molecular weight excluding hydrogens is 334 g/mol. The molecule has 3 aromatic rings. The monoisotopic (exact) mass is 353 g/mol. The smallest absolute Gasteiger partial charge is 0.231 e. The van der Waals surface area contributed by atoms with E-state index in [0.29, 0.717) is 31.1 Å². The summed E-state index contributed by atoms with van der Waals surface area (Å²) in [7, 11) is 0. The fraction of sp³-hybridized carbons (Fsp3) is 0.316. The maximum atomic E-state index is 12.5. The van der Waals surface area contributed by atoms with Crippen molar-refractivity contribution in [3.63, 3.8) is 0 Å². The lowest BCUT2D eigenvalue weighted by Gasteiger charge is -2.19. The number of amides is 1. The maximum Gasteiger partial charge on any atom is 0.231 e. The van der Waals surface area contributed by atoms with Crippen LogP contribution in [0.15, 0.2) is 40.2 Å². The molecule has 0 spiro atoms. The lowest BCUT2D eigenvalue weighted by Crippen LogP contribution is -2.25. The zero-order valence-electron chi connectivity index (χ0n) is 14.2. The summed E-state index contributed by atoms with van der Waals surface area (Å²) in [5.74, 6) is 1.33. The first-order chi connectivity index (χ1) is 12.1. The molecule has 128 valence electrons. The van der Waals surface area contributed by atoms with Crippen molar-refractivity contribution in [1.82, 2.24) is 10.1 Å². The number of nitrogens with zero attached hydrogens (tertiary/aromatic N) is 3. The van der Waals surface area contributed by atoms with Gasteiger partial charge in [-0.3, -0.25) is 4.79 Å². The molecule has 2 aromatic heterocycles. The Hall–Kier alpha value is -2.47. The molecule has 1 aliphatic heterocycles. The van der Waals surface area contributed by atoms with Crippen molar-refractivity contribution in [2.45, 2.75) is 32.6 Å². The van der Waals surface area contributed by atoms with Crippen LogP contribution in [-0.4, -0.2) is 22.6 Å². The van der Waals surface area contributed by atoms with E-state index in [9.17, 15) is 4.79 Å². The SMILES string of the molecule is Cc1ccc(C)c(N2CC(c3noc(Cc4cccs4)n3)CC2=O)c1. The molecule has 1 unspecified atom stereocenters. The number of carbonyl (C=O) groups excluding carboxylic acids is 1. The van der Waals surface area contributed by atoms with E-state index in [-0.39, 0.29) is 11.8 Å². The van der Waals surface area contributed by atoms with Crippen molar-refractivity contribution in [3.8, 4) is 0 Å². The summed E-state index contributed by atoms with van der Waals surface area (Å²) in [6, 6.07) is 10.2. The van der Waals surface area contributed by atoms with Gasteiger partial charge in [0.1, 0.15) is 0 Å². The Balaban J connectivity index is 1.52. The highest BCUT2D eigenvalue weighted by molar-refractivity contribution is 7.09. The average Bonchev–Trinajstić information content (AvgIpc) is 3.32. The van der Waals surface area contributed by atoms with Gasteiger partial charge in [0.05, 0.1) is 6.42 Å². The van der Waals surface area contributed by atoms with Gasteiger partial charge in [-0.15, -0.1) is 11.3 Å². The summed E-state index contributed by atoms with van der Waals surface area (Å²) in [6.07, 6.45) is 1.07. The van der Waals surface area contributed by atoms with E-state index < -0.39 is 0 Å². The minimum atomic E-state index is -0.0201. The standard InChI is InChI=1S/C19H19N3O2S/c1-12-5-6-13(2)16(8-12)22-11-14(9-18(22)23)19-20-17(24-21-19)10-15-4-3-7-25-15/h3-8,14H,9-11H2,1-2H3. The van der Waals surface area contributed by atoms with E-state index in [0.717, 1.165) is 16.8 Å². The van der Waals surface area contributed by atoms with Gasteiger partial charge in [0.15, 0.2) is 5.82 Å². The summed E-state index contributed by atoms with van der Waals surface area (Å²) in [4.78, 5) is 20.1. The Morgan fingerprint density at radius 2 is 2.20 bits per heavy atom. The van der Waals surface area contributed by atoms with Crippen molar-refractivity contribution in [1.29, 1.82) is 0 Å². The first kappa shape index (κ1) is 16.0. The van der Waals surface area contributed by atoms with Crippen LogP contribution in [0.2, 0.25) is 0 Å². The highest BCUT2D eigenvalue weighted by atomic mass is 32.1. The van der Waals surface area contributed by atoms with E-state index in [4.69, 9.17) is 4.52 Å². The lowest BCUT2D eigenvalue weighted by atomic mass is 10.1. The number of carbonyl (C=O) groups is 1. The van der Waals surface area contributed by atoms with E-state index in [1.165, 1.54) is 4.88 Å². The Kier molecular flexibility index (Phi) is 4.13. The predicted molar refractivity (Wildman–Crippen MR) is 97.1 cm³/mol. The third kappa shape index (κ3) is 3.22. The fourth-order valence-corrected chi connectivity index (χ4v) is 3.89. The highest BCUT2D eigenvalue weighted by Gasteiger charge is 2.35. The van der Waals surface area contributed by atoms with Gasteiger partial charge in [0, 0.05) is 29.4 Å². The van der Waals surface area contributed by atoms with E-state index in [2.05, 4.69) is 34.4 Å². The molecule has 6 heteroatoms. The number of thiophene rings is 1. The Morgan fingerprint density at radius 1 is 1.32 bits per heavy atom. The number of hydrogen-bond donors (Lipinski definition) is 0. The molecule has 1 aliphatic rings. The zero-order chi connectivity index (χ0) is 17.4. The van der Waals surface area contributed by atoms with Gasteiger partial charge in [0.2, 0.25) is 11.8 Å². The molecule has 3 heterocycles. The molecule has 0 N–H and O–H groups in total. The minimum Gasteiger partial charge on any atom is -0.339 e.